The quantitative estimate of drug-likeness (QED) is 0.0603. The fourth-order valence-corrected chi connectivity index (χ4v) is 8.07. The van der Waals surface area contributed by atoms with Gasteiger partial charge < -0.3 is 0 Å². The van der Waals surface area contributed by atoms with Crippen molar-refractivity contribution in [2.24, 2.45) is 0 Å². The normalized spacial score (nSPS) is 12.5. The lowest BCUT2D eigenvalue weighted by Gasteiger charge is -2.49. The first-order chi connectivity index (χ1) is 22.3. The summed E-state index contributed by atoms with van der Waals surface area (Å²) in [7, 11) is 0. The van der Waals surface area contributed by atoms with Crippen LogP contribution >= 0.6 is 0 Å². The second kappa shape index (κ2) is 33.5. The molecule has 0 heterocycles. The number of hydrogen-bond donors (Lipinski definition) is 0. The number of rotatable bonds is 38. The van der Waals surface area contributed by atoms with Crippen LogP contribution in [0, 0.1) is 0 Å². The molecule has 0 aromatic heterocycles. The van der Waals surface area contributed by atoms with Crippen LogP contribution in [0.5, 0.6) is 0 Å². The van der Waals surface area contributed by atoms with Crippen molar-refractivity contribution >= 4 is 0 Å². The van der Waals surface area contributed by atoms with Gasteiger partial charge in [0.25, 0.3) is 0 Å². The fraction of sp³-hybridized carbons (Fsp3) is 1.00. The van der Waals surface area contributed by atoms with Crippen molar-refractivity contribution in [3.05, 3.63) is 0 Å². The van der Waals surface area contributed by atoms with E-state index < -0.39 is 0 Å². The van der Waals surface area contributed by atoms with E-state index in [2.05, 4.69) is 53.4 Å². The Kier molecular flexibility index (Phi) is 33.4. The average Bonchev–Trinajstić information content (AvgIpc) is 3.02. The highest BCUT2D eigenvalue weighted by Crippen LogP contribution is 2.34. The van der Waals surface area contributed by atoms with Gasteiger partial charge in [0.05, 0.1) is 0 Å². The van der Waals surface area contributed by atoms with E-state index in [1.807, 2.05) is 0 Å². The molecule has 46 heavy (non-hydrogen) atoms. The topological polar surface area (TPSA) is 3.24 Å². The third-order valence-corrected chi connectivity index (χ3v) is 11.2. The Morgan fingerprint density at radius 2 is 0.457 bits per heavy atom. The van der Waals surface area contributed by atoms with E-state index in [0.29, 0.717) is 11.1 Å². The second-order valence-corrected chi connectivity index (χ2v) is 16.9. The predicted molar refractivity (Wildman–Crippen MR) is 213 cm³/mol. The molecule has 0 N–H and O–H groups in total. The molecule has 0 aliphatic rings. The van der Waals surface area contributed by atoms with Crippen molar-refractivity contribution in [2.45, 2.75) is 284 Å². The zero-order valence-electron chi connectivity index (χ0n) is 33.9. The van der Waals surface area contributed by atoms with E-state index in [9.17, 15) is 0 Å². The van der Waals surface area contributed by atoms with Crippen LogP contribution in [0.15, 0.2) is 0 Å². The maximum atomic E-state index is 2.98. The summed E-state index contributed by atoms with van der Waals surface area (Å²) in [6.07, 6.45) is 50.3. The fourth-order valence-electron chi connectivity index (χ4n) is 8.07. The highest BCUT2D eigenvalue weighted by atomic mass is 15.2. The largest absolute Gasteiger partial charge is 0.293 e. The first-order valence-electron chi connectivity index (χ1n) is 22.1. The van der Waals surface area contributed by atoms with Gasteiger partial charge in [0.1, 0.15) is 0 Å². The SMILES string of the molecule is CCCCCCCCCCCCCCCC(C)(C)N(CCCCCCCCC)C(C)(C)CCCCCCCCCCCCCCC. The molecular formula is C45H93N. The van der Waals surface area contributed by atoms with E-state index in [0.717, 1.165) is 0 Å². The Balaban J connectivity index is 4.42. The minimum absolute atomic E-state index is 0.306. The molecule has 278 valence electrons. The zero-order valence-corrected chi connectivity index (χ0v) is 33.9. The standard InChI is InChI=1S/C45H93N/c1-8-11-14-17-20-22-24-26-28-30-32-35-38-41-44(4,5)46(43-40-37-34-19-16-13-10-3)45(6,7)42-39-36-33-31-29-27-25-23-21-18-15-12-9-2/h8-43H2,1-7H3. The maximum Gasteiger partial charge on any atom is 0.0158 e. The molecule has 0 saturated carbocycles. The van der Waals surface area contributed by atoms with Crippen molar-refractivity contribution in [2.75, 3.05) is 6.54 Å². The molecule has 0 unspecified atom stereocenters. The third kappa shape index (κ3) is 28.9. The lowest BCUT2D eigenvalue weighted by Crippen LogP contribution is -2.55. The van der Waals surface area contributed by atoms with E-state index >= 15 is 0 Å². The molecular weight excluding hydrogens is 555 g/mol. The van der Waals surface area contributed by atoms with E-state index in [4.69, 9.17) is 0 Å². The highest BCUT2D eigenvalue weighted by Gasteiger charge is 2.36. The van der Waals surface area contributed by atoms with Crippen LogP contribution in [0.1, 0.15) is 273 Å². The number of unbranched alkanes of at least 4 members (excludes halogenated alkanes) is 30. The Morgan fingerprint density at radius 1 is 0.261 bits per heavy atom. The van der Waals surface area contributed by atoms with E-state index in [-0.39, 0.29) is 0 Å². The van der Waals surface area contributed by atoms with E-state index in [1.165, 1.54) is 231 Å². The molecule has 1 nitrogen and oxygen atoms in total. The molecule has 0 radical (unpaired) electrons. The Labute approximate surface area is 295 Å². The lowest BCUT2D eigenvalue weighted by molar-refractivity contribution is 0.00151. The van der Waals surface area contributed by atoms with Crippen LogP contribution in [0.25, 0.3) is 0 Å². The molecule has 1 heteroatoms. The van der Waals surface area contributed by atoms with Gasteiger partial charge in [0.15, 0.2) is 0 Å². The van der Waals surface area contributed by atoms with Gasteiger partial charge >= 0.3 is 0 Å². The summed E-state index contributed by atoms with van der Waals surface area (Å²) in [5.41, 5.74) is 0.611. The minimum Gasteiger partial charge on any atom is -0.293 e. The molecule has 0 fully saturated rings. The van der Waals surface area contributed by atoms with Gasteiger partial charge in [0.2, 0.25) is 0 Å². The predicted octanol–water partition coefficient (Wildman–Crippen LogP) is 16.6. The van der Waals surface area contributed by atoms with Crippen LogP contribution in [0.2, 0.25) is 0 Å². The monoisotopic (exact) mass is 648 g/mol. The lowest BCUT2D eigenvalue weighted by atomic mass is 9.85. The van der Waals surface area contributed by atoms with Gasteiger partial charge in [-0.1, -0.05) is 226 Å². The van der Waals surface area contributed by atoms with E-state index in [1.54, 1.807) is 0 Å². The molecule has 0 saturated heterocycles. The molecule has 0 rings (SSSR count). The van der Waals surface area contributed by atoms with Gasteiger partial charge in [-0.15, -0.1) is 0 Å². The van der Waals surface area contributed by atoms with Crippen LogP contribution in [0.4, 0.5) is 0 Å². The maximum absolute atomic E-state index is 2.98. The smallest absolute Gasteiger partial charge is 0.0158 e. The molecule has 0 spiro atoms. The summed E-state index contributed by atoms with van der Waals surface area (Å²) in [5.74, 6) is 0. The van der Waals surface area contributed by atoms with Gasteiger partial charge in [-0.05, 0) is 53.5 Å². The summed E-state index contributed by atoms with van der Waals surface area (Å²) < 4.78 is 0. The first kappa shape index (κ1) is 46.0. The third-order valence-electron chi connectivity index (χ3n) is 11.2. The summed E-state index contributed by atoms with van der Waals surface area (Å²) in [6.45, 7) is 18.6. The highest BCUT2D eigenvalue weighted by molar-refractivity contribution is 4.92. The summed E-state index contributed by atoms with van der Waals surface area (Å²) in [5, 5.41) is 0. The first-order valence-corrected chi connectivity index (χ1v) is 22.1. The van der Waals surface area contributed by atoms with Crippen LogP contribution in [-0.4, -0.2) is 22.5 Å². The molecule has 0 aromatic carbocycles. The van der Waals surface area contributed by atoms with Crippen LogP contribution < -0.4 is 0 Å². The van der Waals surface area contributed by atoms with Crippen LogP contribution in [0.3, 0.4) is 0 Å². The van der Waals surface area contributed by atoms with Gasteiger partial charge in [0, 0.05) is 11.1 Å². The number of hydrogen-bond acceptors (Lipinski definition) is 1. The molecule has 0 aromatic rings. The molecule has 0 aliphatic carbocycles. The summed E-state index contributed by atoms with van der Waals surface area (Å²) in [4.78, 5) is 2.98. The Hall–Kier alpha value is -0.0400. The van der Waals surface area contributed by atoms with Crippen molar-refractivity contribution < 1.29 is 0 Å². The minimum atomic E-state index is 0.306. The molecule has 0 aliphatic heterocycles. The zero-order chi connectivity index (χ0) is 34.0. The van der Waals surface area contributed by atoms with Crippen molar-refractivity contribution in [1.82, 2.24) is 4.90 Å². The van der Waals surface area contributed by atoms with Gasteiger partial charge in [-0.3, -0.25) is 4.90 Å². The molecule has 0 amide bonds. The van der Waals surface area contributed by atoms with Gasteiger partial charge in [-0.25, -0.2) is 0 Å². The van der Waals surface area contributed by atoms with Crippen LogP contribution in [-0.2, 0) is 0 Å². The summed E-state index contributed by atoms with van der Waals surface area (Å²) >= 11 is 0. The van der Waals surface area contributed by atoms with Crippen molar-refractivity contribution in [3.63, 3.8) is 0 Å². The molecule has 0 atom stereocenters. The molecule has 0 bridgehead atoms. The second-order valence-electron chi connectivity index (χ2n) is 16.9. The number of nitrogens with zero attached hydrogens (tertiary/aromatic N) is 1. The average molecular weight is 648 g/mol. The Bertz CT molecular complexity index is 536. The van der Waals surface area contributed by atoms with Crippen molar-refractivity contribution in [1.29, 1.82) is 0 Å². The Morgan fingerprint density at radius 3 is 0.696 bits per heavy atom. The van der Waals surface area contributed by atoms with Gasteiger partial charge in [-0.2, -0.15) is 0 Å². The summed E-state index contributed by atoms with van der Waals surface area (Å²) in [6, 6.07) is 0. The van der Waals surface area contributed by atoms with Crippen molar-refractivity contribution in [3.8, 4) is 0 Å².